The lowest BCUT2D eigenvalue weighted by Gasteiger charge is -1.98. The van der Waals surface area contributed by atoms with E-state index >= 15 is 0 Å². The molecule has 2 nitrogen and oxygen atoms in total. The van der Waals surface area contributed by atoms with E-state index < -0.39 is 0 Å². The Hall–Kier alpha value is -1.61. The van der Waals surface area contributed by atoms with E-state index in [-0.39, 0.29) is 0 Å². The molecule has 27 heavy (non-hydrogen) atoms. The van der Waals surface area contributed by atoms with Crippen molar-refractivity contribution in [1.82, 2.24) is 9.97 Å². The standard InChI is InChI=1S/C11H11Cl2N.C11H12ClN/c1-3-7-6(2)14-11-5-10(13)9(12)4-8(7)11;1-3-9-7(2)13-11-5-4-8(12)6-10(9)11/h4-5,14H,3H2,1-2H3;4-6,13H,3H2,1-2H3. The summed E-state index contributed by atoms with van der Waals surface area (Å²) in [4.78, 5) is 6.65. The number of halogens is 3. The molecule has 4 aromatic rings. The van der Waals surface area contributed by atoms with Gasteiger partial charge in [-0.3, -0.25) is 0 Å². The first-order chi connectivity index (χ1) is 12.8. The first kappa shape index (κ1) is 20.1. The average molecular weight is 422 g/mol. The Morgan fingerprint density at radius 3 is 1.81 bits per heavy atom. The lowest BCUT2D eigenvalue weighted by Crippen LogP contribution is -1.80. The van der Waals surface area contributed by atoms with Crippen molar-refractivity contribution in [3.05, 3.63) is 67.9 Å². The summed E-state index contributed by atoms with van der Waals surface area (Å²) < 4.78 is 0. The van der Waals surface area contributed by atoms with Crippen molar-refractivity contribution in [2.45, 2.75) is 40.5 Å². The molecule has 0 atom stereocenters. The van der Waals surface area contributed by atoms with E-state index in [1.807, 2.05) is 30.3 Å². The summed E-state index contributed by atoms with van der Waals surface area (Å²) in [6.45, 7) is 8.47. The molecule has 0 radical (unpaired) electrons. The number of aryl methyl sites for hydroxylation is 4. The van der Waals surface area contributed by atoms with Crippen LogP contribution in [-0.2, 0) is 12.8 Å². The SMILES string of the molecule is CCc1c(C)[nH]c2cc(Cl)c(Cl)cc12.CCc1c(C)[nH]c2ccc(Cl)cc12. The zero-order valence-corrected chi connectivity index (χ0v) is 18.2. The highest BCUT2D eigenvalue weighted by atomic mass is 35.5. The van der Waals surface area contributed by atoms with Gasteiger partial charge in [-0.15, -0.1) is 0 Å². The molecular weight excluding hydrogens is 399 g/mol. The lowest BCUT2D eigenvalue weighted by molar-refractivity contribution is 1.11. The van der Waals surface area contributed by atoms with Crippen molar-refractivity contribution in [3.63, 3.8) is 0 Å². The molecule has 0 amide bonds. The van der Waals surface area contributed by atoms with Gasteiger partial charge in [-0.25, -0.2) is 0 Å². The minimum Gasteiger partial charge on any atom is -0.358 e. The van der Waals surface area contributed by atoms with Crippen molar-refractivity contribution >= 4 is 56.6 Å². The van der Waals surface area contributed by atoms with E-state index in [1.54, 1.807) is 0 Å². The Balaban J connectivity index is 0.000000156. The summed E-state index contributed by atoms with van der Waals surface area (Å²) in [5.41, 5.74) is 7.38. The van der Waals surface area contributed by atoms with Crippen molar-refractivity contribution in [1.29, 1.82) is 0 Å². The summed E-state index contributed by atoms with van der Waals surface area (Å²) in [6.07, 6.45) is 2.05. The van der Waals surface area contributed by atoms with Crippen LogP contribution in [0.25, 0.3) is 21.8 Å². The normalized spacial score (nSPS) is 11.1. The number of fused-ring (bicyclic) bond motifs is 2. The van der Waals surface area contributed by atoms with E-state index in [2.05, 4.69) is 37.7 Å². The van der Waals surface area contributed by atoms with Crippen LogP contribution in [0.3, 0.4) is 0 Å². The van der Waals surface area contributed by atoms with Crippen LogP contribution in [0.1, 0.15) is 36.4 Å². The topological polar surface area (TPSA) is 31.6 Å². The van der Waals surface area contributed by atoms with Gasteiger partial charge in [-0.1, -0.05) is 48.7 Å². The fraction of sp³-hybridized carbons (Fsp3) is 0.273. The molecule has 0 bridgehead atoms. The average Bonchev–Trinajstić information content (AvgIpc) is 3.10. The highest BCUT2D eigenvalue weighted by Crippen LogP contribution is 2.31. The maximum absolute atomic E-state index is 5.98. The number of aromatic nitrogens is 2. The molecule has 0 saturated carbocycles. The van der Waals surface area contributed by atoms with Gasteiger partial charge in [0.05, 0.1) is 10.0 Å². The third-order valence-electron chi connectivity index (χ3n) is 4.95. The number of H-pyrrole nitrogens is 2. The first-order valence-corrected chi connectivity index (χ1v) is 10.2. The van der Waals surface area contributed by atoms with Gasteiger partial charge in [0.15, 0.2) is 0 Å². The van der Waals surface area contributed by atoms with E-state index in [4.69, 9.17) is 34.8 Å². The number of aromatic amines is 2. The second-order valence-electron chi connectivity index (χ2n) is 6.67. The molecule has 0 saturated heterocycles. The number of rotatable bonds is 2. The molecule has 0 unspecified atom stereocenters. The number of hydrogen-bond donors (Lipinski definition) is 2. The minimum atomic E-state index is 0.600. The van der Waals surface area contributed by atoms with Crippen molar-refractivity contribution in [2.24, 2.45) is 0 Å². The maximum Gasteiger partial charge on any atom is 0.0613 e. The van der Waals surface area contributed by atoms with E-state index in [0.29, 0.717) is 10.0 Å². The highest BCUT2D eigenvalue weighted by Gasteiger charge is 2.09. The lowest BCUT2D eigenvalue weighted by atomic mass is 10.1. The molecule has 142 valence electrons. The van der Waals surface area contributed by atoms with Crippen LogP contribution in [0.15, 0.2) is 30.3 Å². The molecule has 4 rings (SSSR count). The summed E-state index contributed by atoms with van der Waals surface area (Å²) in [5, 5.41) is 4.46. The summed E-state index contributed by atoms with van der Waals surface area (Å²) >= 11 is 17.9. The quantitative estimate of drug-likeness (QED) is 0.328. The Morgan fingerprint density at radius 2 is 1.22 bits per heavy atom. The molecule has 5 heteroatoms. The molecule has 2 N–H and O–H groups in total. The van der Waals surface area contributed by atoms with Crippen LogP contribution in [0.4, 0.5) is 0 Å². The Kier molecular flexibility index (Phi) is 6.10. The fourth-order valence-corrected chi connectivity index (χ4v) is 4.14. The zero-order chi connectivity index (χ0) is 19.7. The van der Waals surface area contributed by atoms with Crippen LogP contribution < -0.4 is 0 Å². The van der Waals surface area contributed by atoms with Crippen LogP contribution in [0, 0.1) is 13.8 Å². The van der Waals surface area contributed by atoms with Crippen LogP contribution in [0.5, 0.6) is 0 Å². The third-order valence-corrected chi connectivity index (χ3v) is 5.91. The molecule has 2 aromatic heterocycles. The molecule has 2 aromatic carbocycles. The van der Waals surface area contributed by atoms with Gasteiger partial charge in [0.2, 0.25) is 0 Å². The fourth-order valence-electron chi connectivity index (χ4n) is 3.65. The van der Waals surface area contributed by atoms with Gasteiger partial charge >= 0.3 is 0 Å². The molecule has 0 aliphatic carbocycles. The Morgan fingerprint density at radius 1 is 0.704 bits per heavy atom. The summed E-state index contributed by atoms with van der Waals surface area (Å²) in [7, 11) is 0. The summed E-state index contributed by atoms with van der Waals surface area (Å²) in [6, 6.07) is 9.79. The zero-order valence-electron chi connectivity index (χ0n) is 15.9. The van der Waals surface area contributed by atoms with Gasteiger partial charge in [0.1, 0.15) is 0 Å². The minimum absolute atomic E-state index is 0.600. The highest BCUT2D eigenvalue weighted by molar-refractivity contribution is 6.42. The second kappa shape index (κ2) is 8.18. The molecule has 0 aliphatic heterocycles. The number of hydrogen-bond acceptors (Lipinski definition) is 0. The monoisotopic (exact) mass is 420 g/mol. The molecule has 0 aliphatic rings. The maximum atomic E-state index is 5.98. The van der Waals surface area contributed by atoms with Crippen LogP contribution >= 0.6 is 34.8 Å². The molecule has 0 spiro atoms. The number of nitrogens with one attached hydrogen (secondary N) is 2. The van der Waals surface area contributed by atoms with Crippen molar-refractivity contribution < 1.29 is 0 Å². The first-order valence-electron chi connectivity index (χ1n) is 9.08. The predicted molar refractivity (Wildman–Crippen MR) is 120 cm³/mol. The molecule has 2 heterocycles. The van der Waals surface area contributed by atoms with Gasteiger partial charge < -0.3 is 9.97 Å². The van der Waals surface area contributed by atoms with Gasteiger partial charge in [0, 0.05) is 38.2 Å². The predicted octanol–water partition coefficient (Wildman–Crippen LogP) is 8.04. The summed E-state index contributed by atoms with van der Waals surface area (Å²) in [5.74, 6) is 0. The largest absolute Gasteiger partial charge is 0.358 e. The van der Waals surface area contributed by atoms with Gasteiger partial charge in [-0.05, 0) is 68.1 Å². The number of benzene rings is 2. The Bertz CT molecular complexity index is 1110. The molecular formula is C22H23Cl3N2. The van der Waals surface area contributed by atoms with Gasteiger partial charge in [-0.2, -0.15) is 0 Å². The van der Waals surface area contributed by atoms with E-state index in [0.717, 1.165) is 23.4 Å². The van der Waals surface area contributed by atoms with E-state index in [9.17, 15) is 0 Å². The smallest absolute Gasteiger partial charge is 0.0613 e. The van der Waals surface area contributed by atoms with Crippen LogP contribution in [0.2, 0.25) is 15.1 Å². The van der Waals surface area contributed by atoms with E-state index in [1.165, 1.54) is 38.8 Å². The second-order valence-corrected chi connectivity index (χ2v) is 7.92. The van der Waals surface area contributed by atoms with Crippen LogP contribution in [-0.4, -0.2) is 9.97 Å². The van der Waals surface area contributed by atoms with Gasteiger partial charge in [0.25, 0.3) is 0 Å². The third kappa shape index (κ3) is 3.99. The molecule has 0 fully saturated rings. The van der Waals surface area contributed by atoms with Crippen molar-refractivity contribution in [3.8, 4) is 0 Å². The van der Waals surface area contributed by atoms with Crippen molar-refractivity contribution in [2.75, 3.05) is 0 Å². The Labute approximate surface area is 174 Å².